The maximum Gasteiger partial charge on any atom is 0.227 e. The predicted molar refractivity (Wildman–Crippen MR) is 104 cm³/mol. The molecule has 4 rings (SSSR count). The Hall–Kier alpha value is -3.35. The van der Waals surface area contributed by atoms with Crippen LogP contribution in [0.15, 0.2) is 46.9 Å². The summed E-state index contributed by atoms with van der Waals surface area (Å²) in [5.41, 5.74) is 3.00. The Morgan fingerprint density at radius 1 is 1.32 bits per heavy atom. The SMILES string of the molecule is COc1ccccc1CNC(=O)[C@H]1CC(=O)N(c2ccc3oc(C)nc3c2)C1. The van der Waals surface area contributed by atoms with Crippen molar-refractivity contribution in [2.75, 3.05) is 18.6 Å². The molecule has 1 fully saturated rings. The molecule has 0 bridgehead atoms. The number of fused-ring (bicyclic) bond motifs is 1. The molecule has 1 aromatic heterocycles. The lowest BCUT2D eigenvalue weighted by molar-refractivity contribution is -0.126. The smallest absolute Gasteiger partial charge is 0.227 e. The molecule has 0 aliphatic carbocycles. The lowest BCUT2D eigenvalue weighted by Gasteiger charge is -2.17. The van der Waals surface area contributed by atoms with Crippen molar-refractivity contribution in [3.63, 3.8) is 0 Å². The minimum Gasteiger partial charge on any atom is -0.496 e. The Bertz CT molecular complexity index is 1040. The third-order valence-electron chi connectivity index (χ3n) is 4.93. The highest BCUT2D eigenvalue weighted by Gasteiger charge is 2.35. The fourth-order valence-electron chi connectivity index (χ4n) is 3.51. The van der Waals surface area contributed by atoms with Crippen molar-refractivity contribution in [3.8, 4) is 5.75 Å². The highest BCUT2D eigenvalue weighted by atomic mass is 16.5. The fourth-order valence-corrected chi connectivity index (χ4v) is 3.51. The van der Waals surface area contributed by atoms with Crippen molar-refractivity contribution in [2.45, 2.75) is 19.9 Å². The number of aryl methyl sites for hydroxylation is 1. The molecule has 7 heteroatoms. The van der Waals surface area contributed by atoms with Gasteiger partial charge in [-0.3, -0.25) is 9.59 Å². The minimum atomic E-state index is -0.392. The number of oxazole rings is 1. The van der Waals surface area contributed by atoms with Crippen molar-refractivity contribution in [1.82, 2.24) is 10.3 Å². The molecule has 1 aliphatic heterocycles. The zero-order valence-corrected chi connectivity index (χ0v) is 15.8. The molecule has 2 amide bonds. The molecule has 28 heavy (non-hydrogen) atoms. The van der Waals surface area contributed by atoms with Gasteiger partial charge in [0.2, 0.25) is 11.8 Å². The van der Waals surface area contributed by atoms with Gasteiger partial charge in [-0.2, -0.15) is 0 Å². The zero-order valence-electron chi connectivity index (χ0n) is 15.8. The van der Waals surface area contributed by atoms with Gasteiger partial charge in [-0.25, -0.2) is 4.98 Å². The zero-order chi connectivity index (χ0) is 19.7. The molecule has 1 saturated heterocycles. The van der Waals surface area contributed by atoms with E-state index in [-0.39, 0.29) is 18.2 Å². The Morgan fingerprint density at radius 2 is 2.14 bits per heavy atom. The number of ether oxygens (including phenoxy) is 1. The largest absolute Gasteiger partial charge is 0.496 e. The van der Waals surface area contributed by atoms with E-state index in [2.05, 4.69) is 10.3 Å². The second-order valence-corrected chi connectivity index (χ2v) is 6.82. The second kappa shape index (κ2) is 7.34. The number of carbonyl (C=O) groups excluding carboxylic acids is 2. The molecule has 0 saturated carbocycles. The van der Waals surface area contributed by atoms with Crippen molar-refractivity contribution in [1.29, 1.82) is 0 Å². The van der Waals surface area contributed by atoms with Crippen molar-refractivity contribution in [3.05, 3.63) is 53.9 Å². The minimum absolute atomic E-state index is 0.0722. The number of amides is 2. The monoisotopic (exact) mass is 379 g/mol. The Morgan fingerprint density at radius 3 is 2.96 bits per heavy atom. The lowest BCUT2D eigenvalue weighted by atomic mass is 10.1. The van der Waals surface area contributed by atoms with E-state index in [1.165, 1.54) is 0 Å². The number of carbonyl (C=O) groups is 2. The number of hydrogen-bond donors (Lipinski definition) is 1. The van der Waals surface area contributed by atoms with E-state index in [1.54, 1.807) is 25.0 Å². The summed E-state index contributed by atoms with van der Waals surface area (Å²) in [5, 5.41) is 2.92. The van der Waals surface area contributed by atoms with Crippen LogP contribution in [0.5, 0.6) is 5.75 Å². The summed E-state index contributed by atoms with van der Waals surface area (Å²) in [7, 11) is 1.60. The predicted octanol–water partition coefficient (Wildman–Crippen LogP) is 2.81. The molecule has 0 unspecified atom stereocenters. The van der Waals surface area contributed by atoms with Crippen LogP contribution >= 0.6 is 0 Å². The van der Waals surface area contributed by atoms with E-state index in [4.69, 9.17) is 9.15 Å². The molecular weight excluding hydrogens is 358 g/mol. The van der Waals surface area contributed by atoms with Crippen LogP contribution in [0.25, 0.3) is 11.1 Å². The van der Waals surface area contributed by atoms with Crippen LogP contribution in [0, 0.1) is 12.8 Å². The summed E-state index contributed by atoms with van der Waals surface area (Å²) in [5.74, 6) is 0.700. The van der Waals surface area contributed by atoms with Gasteiger partial charge in [0.25, 0.3) is 0 Å². The van der Waals surface area contributed by atoms with Crippen molar-refractivity contribution < 1.29 is 18.7 Å². The normalized spacial score (nSPS) is 16.6. The summed E-state index contributed by atoms with van der Waals surface area (Å²) >= 11 is 0. The number of hydrogen-bond acceptors (Lipinski definition) is 5. The molecule has 1 N–H and O–H groups in total. The molecule has 0 spiro atoms. The highest BCUT2D eigenvalue weighted by Crippen LogP contribution is 2.28. The highest BCUT2D eigenvalue weighted by molar-refractivity contribution is 6.01. The van der Waals surface area contributed by atoms with Crippen LogP contribution in [0.3, 0.4) is 0 Å². The van der Waals surface area contributed by atoms with Gasteiger partial charge in [-0.1, -0.05) is 18.2 Å². The van der Waals surface area contributed by atoms with Crippen LogP contribution in [0.2, 0.25) is 0 Å². The summed E-state index contributed by atoms with van der Waals surface area (Å²) in [6.45, 7) is 2.49. The maximum atomic E-state index is 12.6. The summed E-state index contributed by atoms with van der Waals surface area (Å²) in [4.78, 5) is 31.0. The molecule has 2 heterocycles. The van der Waals surface area contributed by atoms with Crippen molar-refractivity contribution in [2.24, 2.45) is 5.92 Å². The van der Waals surface area contributed by atoms with Crippen LogP contribution in [-0.4, -0.2) is 30.5 Å². The third kappa shape index (κ3) is 3.43. The van der Waals surface area contributed by atoms with E-state index in [1.807, 2.05) is 36.4 Å². The number of rotatable bonds is 5. The first kappa shape index (κ1) is 18.0. The van der Waals surface area contributed by atoms with Crippen molar-refractivity contribution >= 4 is 28.6 Å². The second-order valence-electron chi connectivity index (χ2n) is 6.82. The average molecular weight is 379 g/mol. The molecule has 0 radical (unpaired) electrons. The van der Waals surface area contributed by atoms with Gasteiger partial charge in [-0.05, 0) is 24.3 Å². The van der Waals surface area contributed by atoms with Gasteiger partial charge in [-0.15, -0.1) is 0 Å². The number of para-hydroxylation sites is 1. The van der Waals surface area contributed by atoms with E-state index < -0.39 is 5.92 Å². The van der Waals surface area contributed by atoms with E-state index in [0.29, 0.717) is 30.1 Å². The first-order valence-electron chi connectivity index (χ1n) is 9.12. The van der Waals surface area contributed by atoms with E-state index in [9.17, 15) is 9.59 Å². The molecule has 1 aliphatic rings. The first-order chi connectivity index (χ1) is 13.5. The number of benzene rings is 2. The van der Waals surface area contributed by atoms with Crippen LogP contribution in [-0.2, 0) is 16.1 Å². The quantitative estimate of drug-likeness (QED) is 0.737. The van der Waals surface area contributed by atoms with Gasteiger partial charge in [0, 0.05) is 37.7 Å². The molecule has 3 aromatic rings. The van der Waals surface area contributed by atoms with Crippen LogP contribution < -0.4 is 15.0 Å². The van der Waals surface area contributed by atoms with E-state index >= 15 is 0 Å². The number of methoxy groups -OCH3 is 1. The maximum absolute atomic E-state index is 12.6. The molecule has 1 atom stereocenters. The van der Waals surface area contributed by atoms with E-state index in [0.717, 1.165) is 17.0 Å². The summed E-state index contributed by atoms with van der Waals surface area (Å²) < 4.78 is 10.8. The van der Waals surface area contributed by atoms with Gasteiger partial charge in [0.05, 0.1) is 13.0 Å². The number of nitrogens with one attached hydrogen (secondary N) is 1. The Kier molecular flexibility index (Phi) is 4.73. The summed E-state index contributed by atoms with van der Waals surface area (Å²) in [6.07, 6.45) is 0.188. The molecule has 7 nitrogen and oxygen atoms in total. The fraction of sp³-hybridized carbons (Fsp3) is 0.286. The Balaban J connectivity index is 1.44. The lowest BCUT2D eigenvalue weighted by Crippen LogP contribution is -2.32. The van der Waals surface area contributed by atoms with Gasteiger partial charge < -0.3 is 19.4 Å². The number of anilines is 1. The Labute approximate surface area is 162 Å². The van der Waals surface area contributed by atoms with Gasteiger partial charge in [0.15, 0.2) is 11.5 Å². The third-order valence-corrected chi connectivity index (χ3v) is 4.93. The molecular formula is C21H21N3O4. The molecule has 144 valence electrons. The molecule has 2 aromatic carbocycles. The van der Waals surface area contributed by atoms with Crippen LogP contribution in [0.1, 0.15) is 17.9 Å². The number of nitrogens with zero attached hydrogens (tertiary/aromatic N) is 2. The van der Waals surface area contributed by atoms with Gasteiger partial charge >= 0.3 is 0 Å². The summed E-state index contributed by atoms with van der Waals surface area (Å²) in [6, 6.07) is 13.0. The average Bonchev–Trinajstić information content (AvgIpc) is 3.27. The topological polar surface area (TPSA) is 84.7 Å². The number of aromatic nitrogens is 1. The van der Waals surface area contributed by atoms with Crippen LogP contribution in [0.4, 0.5) is 5.69 Å². The first-order valence-corrected chi connectivity index (χ1v) is 9.12. The standard InChI is InChI=1S/C21H21N3O4/c1-13-23-17-10-16(7-8-19(17)28-13)24-12-15(9-20(24)25)21(26)22-11-14-5-3-4-6-18(14)27-2/h3-8,10,15H,9,11-12H2,1-2H3,(H,22,26)/t15-/m0/s1. The van der Waals surface area contributed by atoms with Gasteiger partial charge in [0.1, 0.15) is 11.3 Å².